The molecule has 3 aliphatic rings. The number of para-hydroxylation sites is 3. The van der Waals surface area contributed by atoms with E-state index in [0.29, 0.717) is 6.54 Å². The molecule has 0 amide bonds. The van der Waals surface area contributed by atoms with Gasteiger partial charge in [0.25, 0.3) is 0 Å². The van der Waals surface area contributed by atoms with E-state index in [0.717, 1.165) is 58.0 Å². The second-order valence-corrected chi connectivity index (χ2v) is 12.2. The molecule has 4 heterocycles. The Morgan fingerprint density at radius 1 is 0.609 bits per heavy atom. The average molecular weight is 595 g/mol. The number of aryl methyl sites for hydroxylation is 1. The summed E-state index contributed by atoms with van der Waals surface area (Å²) in [5.41, 5.74) is 19.6. The SMILES string of the molecule is C1=Cc2cc3c(cc2CC1)c1ccccc1n3C1=C2NCC=NC2=C(c2ccc3c4ccccc4n(-c4ccccc4)c3c2)NN1. The Morgan fingerprint density at radius 3 is 2.22 bits per heavy atom. The molecule has 10 rings (SSSR count). The summed E-state index contributed by atoms with van der Waals surface area (Å²) in [6.07, 6.45) is 8.67. The Hall–Kier alpha value is -6.01. The predicted molar refractivity (Wildman–Crippen MR) is 190 cm³/mol. The van der Waals surface area contributed by atoms with Gasteiger partial charge in [0.05, 0.1) is 34.3 Å². The molecule has 5 aromatic carbocycles. The van der Waals surface area contributed by atoms with Gasteiger partial charge in [-0.3, -0.25) is 20.4 Å². The van der Waals surface area contributed by atoms with Gasteiger partial charge in [-0.15, -0.1) is 0 Å². The van der Waals surface area contributed by atoms with Crippen LogP contribution in [0.1, 0.15) is 23.1 Å². The number of hydrogen-bond acceptors (Lipinski definition) is 4. The lowest BCUT2D eigenvalue weighted by Gasteiger charge is -2.30. The lowest BCUT2D eigenvalue weighted by molar-refractivity contribution is 0.726. The molecule has 220 valence electrons. The van der Waals surface area contributed by atoms with Crippen molar-refractivity contribution < 1.29 is 0 Å². The van der Waals surface area contributed by atoms with Crippen molar-refractivity contribution in [3.8, 4) is 5.69 Å². The topological polar surface area (TPSA) is 58.3 Å². The molecule has 0 atom stereocenters. The van der Waals surface area contributed by atoms with Gasteiger partial charge in [-0.05, 0) is 66.4 Å². The highest BCUT2D eigenvalue weighted by Crippen LogP contribution is 2.39. The van der Waals surface area contributed by atoms with Gasteiger partial charge in [0.2, 0.25) is 0 Å². The maximum Gasteiger partial charge on any atom is 0.156 e. The minimum Gasteiger partial charge on any atom is -0.375 e. The number of nitrogens with zero attached hydrogens (tertiary/aromatic N) is 3. The van der Waals surface area contributed by atoms with Crippen molar-refractivity contribution in [1.82, 2.24) is 25.3 Å². The number of aliphatic imine (C=N–C) groups is 1. The first kappa shape index (κ1) is 25.3. The van der Waals surface area contributed by atoms with Crippen LogP contribution in [0.3, 0.4) is 0 Å². The van der Waals surface area contributed by atoms with Crippen LogP contribution in [0.4, 0.5) is 0 Å². The molecule has 2 aromatic heterocycles. The summed E-state index contributed by atoms with van der Waals surface area (Å²) in [7, 11) is 0. The summed E-state index contributed by atoms with van der Waals surface area (Å²) in [5.74, 6) is 0.945. The summed E-state index contributed by atoms with van der Waals surface area (Å²) in [4.78, 5) is 5.00. The van der Waals surface area contributed by atoms with E-state index < -0.39 is 0 Å². The molecule has 0 spiro atoms. The van der Waals surface area contributed by atoms with Gasteiger partial charge >= 0.3 is 0 Å². The van der Waals surface area contributed by atoms with Crippen LogP contribution in [-0.2, 0) is 6.42 Å². The van der Waals surface area contributed by atoms with Crippen molar-refractivity contribution in [1.29, 1.82) is 0 Å². The normalized spacial score (nSPS) is 15.7. The van der Waals surface area contributed by atoms with Crippen LogP contribution in [0.2, 0.25) is 0 Å². The number of allylic oxidation sites excluding steroid dienone is 1. The molecule has 46 heavy (non-hydrogen) atoms. The number of nitrogens with one attached hydrogen (secondary N) is 3. The van der Waals surface area contributed by atoms with Crippen LogP contribution >= 0.6 is 0 Å². The number of fused-ring (bicyclic) bond motifs is 8. The average Bonchev–Trinajstić information content (AvgIpc) is 3.62. The van der Waals surface area contributed by atoms with Crippen LogP contribution in [0.5, 0.6) is 0 Å². The number of benzene rings is 5. The van der Waals surface area contributed by atoms with E-state index in [4.69, 9.17) is 4.99 Å². The maximum absolute atomic E-state index is 5.00. The minimum absolute atomic E-state index is 0.661. The number of hydrazine groups is 1. The van der Waals surface area contributed by atoms with E-state index in [9.17, 15) is 0 Å². The monoisotopic (exact) mass is 594 g/mol. The third kappa shape index (κ3) is 3.61. The highest BCUT2D eigenvalue weighted by atomic mass is 15.4. The highest BCUT2D eigenvalue weighted by molar-refractivity contribution is 6.12. The van der Waals surface area contributed by atoms with E-state index in [2.05, 4.69) is 147 Å². The molecule has 2 aliphatic heterocycles. The van der Waals surface area contributed by atoms with Crippen LogP contribution in [0.25, 0.3) is 66.9 Å². The quantitative estimate of drug-likeness (QED) is 0.194. The first-order chi connectivity index (χ1) is 22.8. The van der Waals surface area contributed by atoms with E-state index in [1.165, 1.54) is 43.7 Å². The lowest BCUT2D eigenvalue weighted by atomic mass is 9.95. The summed E-state index contributed by atoms with van der Waals surface area (Å²) in [6.45, 7) is 0.661. The Morgan fingerprint density at radius 2 is 1.35 bits per heavy atom. The van der Waals surface area contributed by atoms with E-state index in [1.54, 1.807) is 0 Å². The Balaban J connectivity index is 1.21. The van der Waals surface area contributed by atoms with Crippen molar-refractivity contribution in [2.24, 2.45) is 4.99 Å². The zero-order chi connectivity index (χ0) is 30.2. The molecule has 0 unspecified atom stereocenters. The van der Waals surface area contributed by atoms with Gasteiger partial charge in [-0.25, -0.2) is 0 Å². The van der Waals surface area contributed by atoms with Gasteiger partial charge in [0.1, 0.15) is 11.4 Å². The zero-order valence-corrected chi connectivity index (χ0v) is 25.1. The molecule has 7 aromatic rings. The fourth-order valence-corrected chi connectivity index (χ4v) is 7.56. The summed E-state index contributed by atoms with van der Waals surface area (Å²) in [6, 6.07) is 39.4. The van der Waals surface area contributed by atoms with E-state index in [-0.39, 0.29) is 0 Å². The second-order valence-electron chi connectivity index (χ2n) is 12.2. The van der Waals surface area contributed by atoms with Crippen molar-refractivity contribution >= 4 is 67.4 Å². The molecule has 6 heteroatoms. The Kier molecular flexibility index (Phi) is 5.37. The molecule has 0 saturated carbocycles. The third-order valence-corrected chi connectivity index (χ3v) is 9.62. The molecule has 6 nitrogen and oxygen atoms in total. The smallest absolute Gasteiger partial charge is 0.156 e. The molecule has 0 saturated heterocycles. The first-order valence-corrected chi connectivity index (χ1v) is 15.9. The molecule has 1 aliphatic carbocycles. The zero-order valence-electron chi connectivity index (χ0n) is 25.1. The van der Waals surface area contributed by atoms with Crippen LogP contribution < -0.4 is 16.2 Å². The van der Waals surface area contributed by atoms with Crippen LogP contribution in [-0.4, -0.2) is 21.9 Å². The predicted octanol–water partition coefficient (Wildman–Crippen LogP) is 8.13. The van der Waals surface area contributed by atoms with Gasteiger partial charge in [-0.1, -0.05) is 78.9 Å². The van der Waals surface area contributed by atoms with Crippen molar-refractivity contribution in [3.63, 3.8) is 0 Å². The molecule has 0 radical (unpaired) electrons. The number of rotatable bonds is 3. The first-order valence-electron chi connectivity index (χ1n) is 15.9. The van der Waals surface area contributed by atoms with Gasteiger partial charge in [0.15, 0.2) is 5.82 Å². The summed E-state index contributed by atoms with van der Waals surface area (Å²) < 4.78 is 4.70. The van der Waals surface area contributed by atoms with Crippen LogP contribution in [0, 0.1) is 0 Å². The summed E-state index contributed by atoms with van der Waals surface area (Å²) >= 11 is 0. The molecule has 0 fully saturated rings. The van der Waals surface area contributed by atoms with Crippen molar-refractivity contribution in [3.05, 3.63) is 143 Å². The second kappa shape index (κ2) is 9.74. The van der Waals surface area contributed by atoms with Gasteiger partial charge in [0, 0.05) is 39.0 Å². The maximum atomic E-state index is 5.00. The molecule has 0 bridgehead atoms. The molecule has 3 N–H and O–H groups in total. The van der Waals surface area contributed by atoms with Crippen molar-refractivity contribution in [2.75, 3.05) is 6.54 Å². The highest BCUT2D eigenvalue weighted by Gasteiger charge is 2.28. The molecular formula is C40H30N6. The number of aromatic nitrogens is 2. The van der Waals surface area contributed by atoms with Crippen molar-refractivity contribution in [2.45, 2.75) is 12.8 Å². The van der Waals surface area contributed by atoms with E-state index >= 15 is 0 Å². The van der Waals surface area contributed by atoms with Gasteiger partial charge in [-0.2, -0.15) is 0 Å². The Bertz CT molecular complexity index is 2520. The number of hydrogen-bond donors (Lipinski definition) is 3. The largest absolute Gasteiger partial charge is 0.375 e. The lowest BCUT2D eigenvalue weighted by Crippen LogP contribution is -2.41. The van der Waals surface area contributed by atoms with Crippen LogP contribution in [0.15, 0.2) is 132 Å². The standard InChI is InChI=1S/C40H30N6/c1-2-12-28(13-3-1)45-33-16-8-6-14-29(33)31-19-18-27(24-35(31)45)37-38-39(42-21-20-41-38)40(44-43-37)46-34-17-9-7-15-30(34)32-22-25-10-4-5-11-26(25)23-36(32)46/h1-3,5-9,11-20,22-24,42-44H,4,10,21H2. The minimum atomic E-state index is 0.661. The Labute approximate surface area is 265 Å². The third-order valence-electron chi connectivity index (χ3n) is 9.62. The van der Waals surface area contributed by atoms with Gasteiger partial charge < -0.3 is 9.88 Å². The fraction of sp³-hybridized carbons (Fsp3) is 0.0750. The van der Waals surface area contributed by atoms with E-state index in [1.807, 2.05) is 6.21 Å². The fourth-order valence-electron chi connectivity index (χ4n) is 7.56. The molecular weight excluding hydrogens is 564 g/mol. The summed E-state index contributed by atoms with van der Waals surface area (Å²) in [5, 5.41) is 8.66.